The summed E-state index contributed by atoms with van der Waals surface area (Å²) in [5.74, 6) is 1.97. The normalized spacial score (nSPS) is 11.6. The fourth-order valence-corrected chi connectivity index (χ4v) is 8.88. The predicted octanol–water partition coefficient (Wildman–Crippen LogP) is 12.3. The lowest BCUT2D eigenvalue weighted by atomic mass is 10.00. The van der Waals surface area contributed by atoms with Crippen LogP contribution >= 0.6 is 22.7 Å². The fourth-order valence-electron chi connectivity index (χ4n) is 6.62. The molecule has 0 aliphatic carbocycles. The van der Waals surface area contributed by atoms with Crippen LogP contribution in [0.2, 0.25) is 0 Å². The molecule has 0 spiro atoms. The van der Waals surface area contributed by atoms with Crippen molar-refractivity contribution in [1.29, 1.82) is 0 Å². The molecule has 234 valence electrons. The molecule has 0 saturated carbocycles. The van der Waals surface area contributed by atoms with E-state index in [9.17, 15) is 0 Å². The summed E-state index contributed by atoms with van der Waals surface area (Å²) in [6.07, 6.45) is 0. The van der Waals surface area contributed by atoms with E-state index in [1.165, 1.54) is 35.6 Å². The maximum absolute atomic E-state index is 5.03. The van der Waals surface area contributed by atoms with Gasteiger partial charge in [-0.1, -0.05) is 133 Å². The molecule has 10 aromatic rings. The molecule has 0 aliphatic rings. The lowest BCUT2D eigenvalue weighted by Crippen LogP contribution is -2.00. The zero-order valence-electron chi connectivity index (χ0n) is 26.6. The van der Waals surface area contributed by atoms with Crippen molar-refractivity contribution in [3.05, 3.63) is 158 Å². The van der Waals surface area contributed by atoms with Crippen LogP contribution in [0.25, 0.3) is 97.0 Å². The van der Waals surface area contributed by atoms with Crippen molar-refractivity contribution < 1.29 is 0 Å². The molecule has 4 nitrogen and oxygen atoms in total. The molecule has 0 fully saturated rings. The number of hydrogen-bond donors (Lipinski definition) is 0. The Hall–Kier alpha value is -6.08. The smallest absolute Gasteiger partial charge is 0.164 e. The van der Waals surface area contributed by atoms with Crippen LogP contribution in [0.3, 0.4) is 0 Å². The summed E-state index contributed by atoms with van der Waals surface area (Å²) in [6, 6.07) is 55.2. The van der Waals surface area contributed by atoms with Crippen LogP contribution in [-0.4, -0.2) is 19.9 Å². The largest absolute Gasteiger partial charge is 0.236 e. The van der Waals surface area contributed by atoms with E-state index in [1.807, 2.05) is 36.4 Å². The molecule has 7 aromatic carbocycles. The zero-order chi connectivity index (χ0) is 33.0. The Bertz CT molecular complexity index is 2860. The topological polar surface area (TPSA) is 51.6 Å². The third-order valence-electron chi connectivity index (χ3n) is 9.17. The Labute approximate surface area is 296 Å². The molecule has 0 radical (unpaired) electrons. The van der Waals surface area contributed by atoms with Gasteiger partial charge in [-0.05, 0) is 40.8 Å². The van der Waals surface area contributed by atoms with Crippen LogP contribution < -0.4 is 0 Å². The number of aromatic nitrogens is 4. The van der Waals surface area contributed by atoms with E-state index in [2.05, 4.69) is 121 Å². The van der Waals surface area contributed by atoms with Crippen molar-refractivity contribution in [2.24, 2.45) is 0 Å². The van der Waals surface area contributed by atoms with Gasteiger partial charge in [0, 0.05) is 47.8 Å². The summed E-state index contributed by atoms with van der Waals surface area (Å²) in [7, 11) is 0. The van der Waals surface area contributed by atoms with Gasteiger partial charge in [-0.3, -0.25) is 0 Å². The molecule has 0 amide bonds. The maximum atomic E-state index is 5.03. The molecule has 0 unspecified atom stereocenters. The highest BCUT2D eigenvalue weighted by Gasteiger charge is 2.15. The highest BCUT2D eigenvalue weighted by Crippen LogP contribution is 2.38. The number of thiophene rings is 1. The van der Waals surface area contributed by atoms with Gasteiger partial charge < -0.3 is 0 Å². The number of thiazole rings is 1. The molecule has 0 N–H and O–H groups in total. The van der Waals surface area contributed by atoms with E-state index >= 15 is 0 Å². The van der Waals surface area contributed by atoms with Crippen LogP contribution in [0.5, 0.6) is 0 Å². The monoisotopic (exact) mass is 674 g/mol. The van der Waals surface area contributed by atoms with Crippen molar-refractivity contribution in [3.8, 4) is 55.9 Å². The van der Waals surface area contributed by atoms with Crippen molar-refractivity contribution in [2.45, 2.75) is 0 Å². The van der Waals surface area contributed by atoms with Crippen LogP contribution in [0.4, 0.5) is 0 Å². The standard InChI is InChI=1S/C44H26N4S2/c1-3-9-28(10-4-1)41-46-42(48-43(47-41)33-20-23-36-35-13-7-8-14-38(35)49-39(36)26-33)29-17-15-27(16-18-29)31-19-22-34-32(25-31)21-24-37-40(34)50-44(45-37)30-11-5-2-6-12-30/h1-26H. The average molecular weight is 675 g/mol. The second-order valence-corrected chi connectivity index (χ2v) is 14.4. The van der Waals surface area contributed by atoms with E-state index in [4.69, 9.17) is 19.9 Å². The maximum Gasteiger partial charge on any atom is 0.164 e. The van der Waals surface area contributed by atoms with Crippen LogP contribution in [0.15, 0.2) is 158 Å². The second kappa shape index (κ2) is 11.8. The van der Waals surface area contributed by atoms with E-state index in [0.29, 0.717) is 17.5 Å². The summed E-state index contributed by atoms with van der Waals surface area (Å²) >= 11 is 3.55. The van der Waals surface area contributed by atoms with Crippen molar-refractivity contribution in [3.63, 3.8) is 0 Å². The third-order valence-corrected chi connectivity index (χ3v) is 11.5. The first-order chi connectivity index (χ1) is 24.7. The van der Waals surface area contributed by atoms with Gasteiger partial charge in [0.15, 0.2) is 17.5 Å². The van der Waals surface area contributed by atoms with Gasteiger partial charge in [0.25, 0.3) is 0 Å². The second-order valence-electron chi connectivity index (χ2n) is 12.3. The first-order valence-electron chi connectivity index (χ1n) is 16.5. The quantitative estimate of drug-likeness (QED) is 0.182. The number of benzene rings is 7. The van der Waals surface area contributed by atoms with E-state index < -0.39 is 0 Å². The number of nitrogens with zero attached hydrogens (tertiary/aromatic N) is 4. The Morgan fingerprint density at radius 2 is 0.920 bits per heavy atom. The fraction of sp³-hybridized carbons (Fsp3) is 0. The van der Waals surface area contributed by atoms with E-state index in [-0.39, 0.29) is 0 Å². The zero-order valence-corrected chi connectivity index (χ0v) is 28.2. The Balaban J connectivity index is 1.02. The van der Waals surface area contributed by atoms with Gasteiger partial charge in [-0.15, -0.1) is 22.7 Å². The summed E-state index contributed by atoms with van der Waals surface area (Å²) in [5.41, 5.74) is 7.36. The third kappa shape index (κ3) is 5.05. The average Bonchev–Trinajstić information content (AvgIpc) is 3.80. The van der Waals surface area contributed by atoms with Crippen molar-refractivity contribution in [1.82, 2.24) is 19.9 Å². The summed E-state index contributed by atoms with van der Waals surface area (Å²) in [4.78, 5) is 19.9. The lowest BCUT2D eigenvalue weighted by Gasteiger charge is -2.10. The van der Waals surface area contributed by atoms with Crippen LogP contribution in [0.1, 0.15) is 0 Å². The molecule has 50 heavy (non-hydrogen) atoms. The predicted molar refractivity (Wildman–Crippen MR) is 211 cm³/mol. The minimum absolute atomic E-state index is 0.650. The SMILES string of the molecule is c1ccc(-c2nc(-c3ccc(-c4ccc5c(ccc6nc(-c7ccccc7)sc65)c4)cc3)nc(-c3ccc4c(c3)sc3ccccc34)n2)cc1. The van der Waals surface area contributed by atoms with Gasteiger partial charge in [0.1, 0.15) is 5.01 Å². The van der Waals surface area contributed by atoms with Gasteiger partial charge in [0.2, 0.25) is 0 Å². The number of hydrogen-bond acceptors (Lipinski definition) is 6. The minimum Gasteiger partial charge on any atom is -0.236 e. The lowest BCUT2D eigenvalue weighted by molar-refractivity contribution is 1.07. The molecule has 10 rings (SSSR count). The molecular weight excluding hydrogens is 649 g/mol. The summed E-state index contributed by atoms with van der Waals surface area (Å²) in [5, 5.41) is 6.01. The first kappa shape index (κ1) is 28.9. The molecule has 0 atom stereocenters. The van der Waals surface area contributed by atoms with Gasteiger partial charge in [-0.25, -0.2) is 19.9 Å². The molecule has 3 heterocycles. The van der Waals surface area contributed by atoms with E-state index in [0.717, 1.165) is 43.9 Å². The van der Waals surface area contributed by atoms with Gasteiger partial charge in [-0.2, -0.15) is 0 Å². The molecule has 3 aromatic heterocycles. The minimum atomic E-state index is 0.650. The highest BCUT2D eigenvalue weighted by atomic mass is 32.1. The van der Waals surface area contributed by atoms with E-state index in [1.54, 1.807) is 22.7 Å². The Kier molecular flexibility index (Phi) is 6.82. The molecule has 6 heteroatoms. The molecule has 0 bridgehead atoms. The van der Waals surface area contributed by atoms with Gasteiger partial charge >= 0.3 is 0 Å². The molecular formula is C44H26N4S2. The summed E-state index contributed by atoms with van der Waals surface area (Å²) in [6.45, 7) is 0. The molecule has 0 aliphatic heterocycles. The van der Waals surface area contributed by atoms with Crippen LogP contribution in [-0.2, 0) is 0 Å². The van der Waals surface area contributed by atoms with Crippen LogP contribution in [0, 0.1) is 0 Å². The summed E-state index contributed by atoms with van der Waals surface area (Å²) < 4.78 is 3.72. The van der Waals surface area contributed by atoms with Crippen molar-refractivity contribution >= 4 is 63.8 Å². The Morgan fingerprint density at radius 1 is 0.340 bits per heavy atom. The van der Waals surface area contributed by atoms with Gasteiger partial charge in [0.05, 0.1) is 10.2 Å². The molecule has 0 saturated heterocycles. The Morgan fingerprint density at radius 3 is 1.70 bits per heavy atom. The first-order valence-corrected chi connectivity index (χ1v) is 18.1. The highest BCUT2D eigenvalue weighted by molar-refractivity contribution is 7.25. The number of fused-ring (bicyclic) bond motifs is 6. The van der Waals surface area contributed by atoms with Crippen molar-refractivity contribution in [2.75, 3.05) is 0 Å². The number of rotatable bonds is 5.